The third-order valence-electron chi connectivity index (χ3n) is 3.37. The van der Waals surface area contributed by atoms with E-state index < -0.39 is 4.92 Å². The molecule has 0 saturated carbocycles. The van der Waals surface area contributed by atoms with Crippen molar-refractivity contribution >= 4 is 27.5 Å². The number of rotatable bonds is 3. The highest BCUT2D eigenvalue weighted by Crippen LogP contribution is 2.47. The van der Waals surface area contributed by atoms with E-state index in [0.717, 1.165) is 4.47 Å². The summed E-state index contributed by atoms with van der Waals surface area (Å²) in [4.78, 5) is 10.6. The summed E-state index contributed by atoms with van der Waals surface area (Å²) in [5.41, 5.74) is 6.82. The van der Waals surface area contributed by atoms with Crippen LogP contribution in [0.2, 0.25) is 0 Å². The Balaban J connectivity index is 2.22. The van der Waals surface area contributed by atoms with Crippen molar-refractivity contribution in [3.8, 4) is 28.2 Å². The first-order chi connectivity index (χ1) is 11.0. The van der Waals surface area contributed by atoms with Crippen LogP contribution in [0.5, 0.6) is 5.75 Å². The zero-order valence-corrected chi connectivity index (χ0v) is 13.3. The van der Waals surface area contributed by atoms with Crippen LogP contribution in [-0.2, 0) is 0 Å². The molecule has 0 radical (unpaired) electrons. The van der Waals surface area contributed by atoms with Crippen LogP contribution in [0.25, 0.3) is 22.5 Å². The highest BCUT2D eigenvalue weighted by molar-refractivity contribution is 9.10. The fourth-order valence-electron chi connectivity index (χ4n) is 2.37. The van der Waals surface area contributed by atoms with Crippen molar-refractivity contribution in [3.63, 3.8) is 0 Å². The first kappa shape index (κ1) is 15.1. The number of furan rings is 1. The van der Waals surface area contributed by atoms with Crippen LogP contribution in [0.4, 0.5) is 11.6 Å². The highest BCUT2D eigenvalue weighted by atomic mass is 79.9. The van der Waals surface area contributed by atoms with Gasteiger partial charge in [0, 0.05) is 10.5 Å². The summed E-state index contributed by atoms with van der Waals surface area (Å²) < 4.78 is 6.23. The predicted octanol–water partition coefficient (Wildman–Crippen LogP) is 4.57. The van der Waals surface area contributed by atoms with Crippen molar-refractivity contribution < 1.29 is 14.4 Å². The van der Waals surface area contributed by atoms with Gasteiger partial charge in [0.15, 0.2) is 11.5 Å². The topological polar surface area (TPSA) is 103 Å². The Morgan fingerprint density at radius 3 is 2.61 bits per heavy atom. The molecule has 0 bridgehead atoms. The number of halogens is 1. The molecule has 0 saturated heterocycles. The van der Waals surface area contributed by atoms with Gasteiger partial charge in [0.1, 0.15) is 0 Å². The van der Waals surface area contributed by atoms with E-state index in [-0.39, 0.29) is 28.6 Å². The number of nitrogens with zero attached hydrogens (tertiary/aromatic N) is 1. The van der Waals surface area contributed by atoms with E-state index in [9.17, 15) is 15.2 Å². The molecule has 6 nitrogen and oxygen atoms in total. The lowest BCUT2D eigenvalue weighted by atomic mass is 10.0. The highest BCUT2D eigenvalue weighted by Gasteiger charge is 2.26. The van der Waals surface area contributed by atoms with E-state index in [2.05, 4.69) is 15.9 Å². The number of nitrogen functional groups attached to an aromatic ring is 1. The van der Waals surface area contributed by atoms with Gasteiger partial charge in [-0.1, -0.05) is 40.2 Å². The van der Waals surface area contributed by atoms with E-state index in [1.807, 2.05) is 6.07 Å². The molecule has 7 heteroatoms. The van der Waals surface area contributed by atoms with Gasteiger partial charge in [-0.15, -0.1) is 0 Å². The molecule has 3 N–H and O–H groups in total. The fourth-order valence-corrected chi connectivity index (χ4v) is 2.77. The largest absolute Gasteiger partial charge is 0.504 e. The second kappa shape index (κ2) is 5.77. The van der Waals surface area contributed by atoms with Crippen LogP contribution >= 0.6 is 15.9 Å². The van der Waals surface area contributed by atoms with Gasteiger partial charge in [0.05, 0.1) is 16.1 Å². The Labute approximate surface area is 139 Å². The molecule has 0 atom stereocenters. The summed E-state index contributed by atoms with van der Waals surface area (Å²) in [5, 5.41) is 21.7. The third-order valence-corrected chi connectivity index (χ3v) is 3.86. The van der Waals surface area contributed by atoms with Crippen LogP contribution in [0, 0.1) is 10.1 Å². The van der Waals surface area contributed by atoms with Gasteiger partial charge in [-0.05, 0) is 23.8 Å². The summed E-state index contributed by atoms with van der Waals surface area (Å²) in [6, 6.07) is 13.2. The summed E-state index contributed by atoms with van der Waals surface area (Å²) in [5.74, 6) is -0.256. The maximum atomic E-state index is 11.2. The van der Waals surface area contributed by atoms with E-state index >= 15 is 0 Å². The summed E-state index contributed by atoms with van der Waals surface area (Å²) >= 11 is 3.35. The Bertz CT molecular complexity index is 905. The van der Waals surface area contributed by atoms with E-state index in [4.69, 9.17) is 10.2 Å². The predicted molar refractivity (Wildman–Crippen MR) is 90.0 cm³/mol. The first-order valence-electron chi connectivity index (χ1n) is 6.60. The quantitative estimate of drug-likeness (QED) is 0.516. The summed E-state index contributed by atoms with van der Waals surface area (Å²) in [6.45, 7) is 0. The van der Waals surface area contributed by atoms with Crippen molar-refractivity contribution in [3.05, 3.63) is 63.1 Å². The maximum absolute atomic E-state index is 11.2. The smallest absolute Gasteiger partial charge is 0.280 e. The average molecular weight is 375 g/mol. The van der Waals surface area contributed by atoms with Gasteiger partial charge < -0.3 is 15.3 Å². The van der Waals surface area contributed by atoms with Gasteiger partial charge in [0.25, 0.3) is 5.69 Å². The molecule has 0 aliphatic heterocycles. The van der Waals surface area contributed by atoms with E-state index in [0.29, 0.717) is 11.1 Å². The van der Waals surface area contributed by atoms with Crippen LogP contribution in [0.3, 0.4) is 0 Å². The minimum Gasteiger partial charge on any atom is -0.504 e. The monoisotopic (exact) mass is 374 g/mol. The lowest BCUT2D eigenvalue weighted by molar-refractivity contribution is -0.384. The first-order valence-corrected chi connectivity index (χ1v) is 7.39. The molecule has 116 valence electrons. The Hall–Kier alpha value is -2.80. The number of hydrogen-bond acceptors (Lipinski definition) is 5. The van der Waals surface area contributed by atoms with Gasteiger partial charge in [-0.25, -0.2) is 0 Å². The molecule has 1 heterocycles. The molecular weight excluding hydrogens is 364 g/mol. The van der Waals surface area contributed by atoms with Crippen LogP contribution in [0.15, 0.2) is 57.4 Å². The molecule has 0 aliphatic carbocycles. The van der Waals surface area contributed by atoms with Crippen molar-refractivity contribution in [2.24, 2.45) is 0 Å². The Morgan fingerprint density at radius 1 is 1.17 bits per heavy atom. The lowest BCUT2D eigenvalue weighted by Gasteiger charge is -2.02. The zero-order chi connectivity index (χ0) is 16.6. The molecule has 3 aromatic rings. The second-order valence-corrected chi connectivity index (χ2v) is 5.72. The molecule has 3 rings (SSSR count). The standard InChI is InChI=1S/C16H11BrN2O4/c17-10-5-3-4-9(8-10)13-14(20)15(23-16(13)18)11-6-1-2-7-12(11)19(21)22/h1-8,20H,18H2. The van der Waals surface area contributed by atoms with Crippen molar-refractivity contribution in [2.75, 3.05) is 5.73 Å². The molecule has 0 spiro atoms. The van der Waals surface area contributed by atoms with Gasteiger partial charge in [0.2, 0.25) is 5.88 Å². The number of nitrogens with two attached hydrogens (primary N) is 1. The molecular formula is C16H11BrN2O4. The second-order valence-electron chi connectivity index (χ2n) is 4.80. The normalized spacial score (nSPS) is 10.7. The molecule has 2 aromatic carbocycles. The Morgan fingerprint density at radius 2 is 1.91 bits per heavy atom. The molecule has 23 heavy (non-hydrogen) atoms. The van der Waals surface area contributed by atoms with Crippen LogP contribution < -0.4 is 5.73 Å². The van der Waals surface area contributed by atoms with E-state index in [1.165, 1.54) is 12.1 Å². The minimum absolute atomic E-state index is 0.00579. The Kier molecular flexibility index (Phi) is 3.79. The minimum atomic E-state index is -0.535. The number of benzene rings is 2. The maximum Gasteiger partial charge on any atom is 0.280 e. The zero-order valence-electron chi connectivity index (χ0n) is 11.7. The van der Waals surface area contributed by atoms with E-state index in [1.54, 1.807) is 30.3 Å². The summed E-state index contributed by atoms with van der Waals surface area (Å²) in [6.07, 6.45) is 0. The van der Waals surface area contributed by atoms with Gasteiger partial charge in [-0.2, -0.15) is 0 Å². The van der Waals surface area contributed by atoms with Crippen molar-refractivity contribution in [1.82, 2.24) is 0 Å². The fraction of sp³-hybridized carbons (Fsp3) is 0. The average Bonchev–Trinajstić information content (AvgIpc) is 2.82. The molecule has 0 amide bonds. The number of hydrogen-bond donors (Lipinski definition) is 2. The number of nitro benzene ring substituents is 1. The summed E-state index contributed by atoms with van der Waals surface area (Å²) in [7, 11) is 0. The van der Waals surface area contributed by atoms with Gasteiger partial charge >= 0.3 is 0 Å². The number of anilines is 1. The number of nitro groups is 1. The lowest BCUT2D eigenvalue weighted by Crippen LogP contribution is -1.90. The molecule has 0 aliphatic rings. The molecule has 0 fully saturated rings. The van der Waals surface area contributed by atoms with Gasteiger partial charge in [-0.3, -0.25) is 10.1 Å². The number of para-hydroxylation sites is 1. The van der Waals surface area contributed by atoms with Crippen LogP contribution in [0.1, 0.15) is 0 Å². The third kappa shape index (κ3) is 2.66. The molecule has 0 unspecified atom stereocenters. The van der Waals surface area contributed by atoms with Crippen molar-refractivity contribution in [1.29, 1.82) is 0 Å². The SMILES string of the molecule is Nc1oc(-c2ccccc2[N+](=O)[O-])c(O)c1-c1cccc(Br)c1. The van der Waals surface area contributed by atoms with Crippen molar-refractivity contribution in [2.45, 2.75) is 0 Å². The molecule has 1 aromatic heterocycles. The number of aromatic hydroxyl groups is 1. The van der Waals surface area contributed by atoms with Crippen LogP contribution in [-0.4, -0.2) is 10.0 Å².